The highest BCUT2D eigenvalue weighted by Crippen LogP contribution is 2.20. The minimum Gasteiger partial charge on any atom is -0.353 e. The first-order valence-electron chi connectivity index (χ1n) is 8.20. The van der Waals surface area contributed by atoms with Crippen molar-refractivity contribution in [2.45, 2.75) is 44.7 Å². The largest absolute Gasteiger partial charge is 0.376 e. The van der Waals surface area contributed by atoms with Crippen LogP contribution in [0.5, 0.6) is 0 Å². The molecule has 0 unspecified atom stereocenters. The highest BCUT2D eigenvalue weighted by atomic mass is 16.6. The summed E-state index contributed by atoms with van der Waals surface area (Å²) in [5.41, 5.74) is -1.20. The molecule has 1 atom stereocenters. The average Bonchev–Trinajstić information content (AvgIpc) is 3.07. The molecule has 1 amide bonds. The predicted molar refractivity (Wildman–Crippen MR) is 91.6 cm³/mol. The zero-order valence-corrected chi connectivity index (χ0v) is 13.8. The lowest BCUT2D eigenvalue weighted by molar-refractivity contribution is -0.385. The van der Waals surface area contributed by atoms with E-state index >= 15 is 0 Å². The SMILES string of the molecule is C[C@H](Nc1nc2ccccn2c(=O)c1[N+](=O)[O-])C(=O)NC1CCCC1. The van der Waals surface area contributed by atoms with Gasteiger partial charge in [-0.15, -0.1) is 0 Å². The van der Waals surface area contributed by atoms with Crippen LogP contribution in [0.3, 0.4) is 0 Å². The van der Waals surface area contributed by atoms with Crippen molar-refractivity contribution in [3.8, 4) is 0 Å². The van der Waals surface area contributed by atoms with Crippen LogP contribution >= 0.6 is 0 Å². The van der Waals surface area contributed by atoms with E-state index in [9.17, 15) is 19.7 Å². The molecule has 3 rings (SSSR count). The highest BCUT2D eigenvalue weighted by Gasteiger charge is 2.27. The van der Waals surface area contributed by atoms with E-state index in [0.717, 1.165) is 30.1 Å². The second kappa shape index (κ2) is 6.88. The van der Waals surface area contributed by atoms with Gasteiger partial charge in [0, 0.05) is 12.2 Å². The molecule has 1 aliphatic rings. The average molecular weight is 345 g/mol. The van der Waals surface area contributed by atoms with E-state index < -0.39 is 22.2 Å². The second-order valence-electron chi connectivity index (χ2n) is 6.16. The van der Waals surface area contributed by atoms with E-state index in [1.54, 1.807) is 25.1 Å². The van der Waals surface area contributed by atoms with Crippen molar-refractivity contribution in [3.63, 3.8) is 0 Å². The molecule has 1 saturated carbocycles. The van der Waals surface area contributed by atoms with Crippen LogP contribution in [0.2, 0.25) is 0 Å². The summed E-state index contributed by atoms with van der Waals surface area (Å²) in [5.74, 6) is -0.466. The molecule has 0 aromatic carbocycles. The summed E-state index contributed by atoms with van der Waals surface area (Å²) in [6.07, 6.45) is 5.46. The van der Waals surface area contributed by atoms with Crippen molar-refractivity contribution in [1.82, 2.24) is 14.7 Å². The Hall–Kier alpha value is -2.97. The van der Waals surface area contributed by atoms with Crippen molar-refractivity contribution >= 4 is 23.1 Å². The van der Waals surface area contributed by atoms with Crippen molar-refractivity contribution in [1.29, 1.82) is 0 Å². The Morgan fingerprint density at radius 2 is 2.12 bits per heavy atom. The van der Waals surface area contributed by atoms with E-state index in [2.05, 4.69) is 15.6 Å². The number of nitrogens with zero attached hydrogens (tertiary/aromatic N) is 3. The van der Waals surface area contributed by atoms with Gasteiger partial charge in [0.15, 0.2) is 0 Å². The number of hydrogen-bond acceptors (Lipinski definition) is 6. The highest BCUT2D eigenvalue weighted by molar-refractivity contribution is 5.85. The lowest BCUT2D eigenvalue weighted by Crippen LogP contribution is -2.42. The Labute approximate surface area is 143 Å². The molecule has 2 aromatic heterocycles. The fraction of sp³-hybridized carbons (Fsp3) is 0.438. The number of nitro groups is 1. The third kappa shape index (κ3) is 3.44. The molecule has 132 valence electrons. The maximum atomic E-state index is 12.4. The normalized spacial score (nSPS) is 15.9. The van der Waals surface area contributed by atoms with E-state index in [1.165, 1.54) is 6.20 Å². The summed E-state index contributed by atoms with van der Waals surface area (Å²) >= 11 is 0. The zero-order valence-electron chi connectivity index (χ0n) is 13.8. The van der Waals surface area contributed by atoms with Crippen LogP contribution in [0.15, 0.2) is 29.2 Å². The van der Waals surface area contributed by atoms with Gasteiger partial charge in [-0.05, 0) is 31.9 Å². The van der Waals surface area contributed by atoms with Gasteiger partial charge in [0.2, 0.25) is 11.7 Å². The first kappa shape index (κ1) is 16.9. The number of hydrogen-bond donors (Lipinski definition) is 2. The Balaban J connectivity index is 1.89. The van der Waals surface area contributed by atoms with Gasteiger partial charge in [0.05, 0.1) is 4.92 Å². The Kier molecular flexibility index (Phi) is 4.64. The number of pyridine rings is 1. The first-order chi connectivity index (χ1) is 12.0. The van der Waals surface area contributed by atoms with Gasteiger partial charge in [-0.25, -0.2) is 4.98 Å². The maximum absolute atomic E-state index is 12.4. The molecule has 2 aromatic rings. The molecule has 0 saturated heterocycles. The first-order valence-corrected chi connectivity index (χ1v) is 8.20. The summed E-state index contributed by atoms with van der Waals surface area (Å²) in [5, 5.41) is 17.0. The zero-order chi connectivity index (χ0) is 18.0. The number of amides is 1. The van der Waals surface area contributed by atoms with E-state index in [1.807, 2.05) is 0 Å². The number of fused-ring (bicyclic) bond motifs is 1. The van der Waals surface area contributed by atoms with Gasteiger partial charge in [0.1, 0.15) is 11.7 Å². The smallest absolute Gasteiger partial charge is 0.353 e. The van der Waals surface area contributed by atoms with Gasteiger partial charge < -0.3 is 10.6 Å². The fourth-order valence-electron chi connectivity index (χ4n) is 3.01. The number of carbonyl (C=O) groups excluding carboxylic acids is 1. The number of rotatable bonds is 5. The third-order valence-electron chi connectivity index (χ3n) is 4.34. The topological polar surface area (TPSA) is 119 Å². The molecule has 0 bridgehead atoms. The van der Waals surface area contributed by atoms with E-state index in [-0.39, 0.29) is 23.4 Å². The molecule has 9 nitrogen and oxygen atoms in total. The molecule has 0 aliphatic heterocycles. The molecule has 25 heavy (non-hydrogen) atoms. The van der Waals surface area contributed by atoms with Crippen LogP contribution in [0.25, 0.3) is 5.65 Å². The predicted octanol–water partition coefficient (Wildman–Crippen LogP) is 1.46. The van der Waals surface area contributed by atoms with E-state index in [4.69, 9.17) is 0 Å². The Morgan fingerprint density at radius 1 is 1.40 bits per heavy atom. The molecule has 9 heteroatoms. The molecule has 2 heterocycles. The van der Waals surface area contributed by atoms with Gasteiger partial charge in [-0.1, -0.05) is 18.9 Å². The summed E-state index contributed by atoms with van der Waals surface area (Å²) in [6.45, 7) is 1.59. The van der Waals surface area contributed by atoms with Crippen molar-refractivity contribution in [3.05, 3.63) is 44.9 Å². The third-order valence-corrected chi connectivity index (χ3v) is 4.34. The summed E-state index contributed by atoms with van der Waals surface area (Å²) in [6, 6.07) is 4.22. The molecule has 0 spiro atoms. The Bertz CT molecular complexity index is 872. The monoisotopic (exact) mass is 345 g/mol. The minimum atomic E-state index is -0.790. The van der Waals surface area contributed by atoms with Crippen molar-refractivity contribution in [2.24, 2.45) is 0 Å². The molecule has 1 fully saturated rings. The van der Waals surface area contributed by atoms with E-state index in [0.29, 0.717) is 0 Å². The molecular weight excluding hydrogens is 326 g/mol. The summed E-state index contributed by atoms with van der Waals surface area (Å²) in [7, 11) is 0. The van der Waals surface area contributed by atoms with Gasteiger partial charge in [-0.2, -0.15) is 0 Å². The van der Waals surface area contributed by atoms with Gasteiger partial charge in [-0.3, -0.25) is 24.1 Å². The number of aromatic nitrogens is 2. The Morgan fingerprint density at radius 3 is 2.80 bits per heavy atom. The quantitative estimate of drug-likeness (QED) is 0.625. The summed E-state index contributed by atoms with van der Waals surface area (Å²) < 4.78 is 1.10. The second-order valence-corrected chi connectivity index (χ2v) is 6.16. The molecule has 1 aliphatic carbocycles. The number of nitrogens with one attached hydrogen (secondary N) is 2. The standard InChI is InChI=1S/C16H19N5O4/c1-10(15(22)18-11-6-2-3-7-11)17-14-13(21(24)25)16(23)20-9-5-4-8-12(20)19-14/h4-5,8-11,17H,2-3,6-7H2,1H3,(H,18,22)/t10-/m0/s1. The van der Waals surface area contributed by atoms with Crippen molar-refractivity contribution < 1.29 is 9.72 Å². The van der Waals surface area contributed by atoms with Crippen LogP contribution in [0.4, 0.5) is 11.5 Å². The molecule has 0 radical (unpaired) electrons. The van der Waals surface area contributed by atoms with Crippen LogP contribution in [0.1, 0.15) is 32.6 Å². The fourth-order valence-corrected chi connectivity index (χ4v) is 3.01. The number of anilines is 1. The molecular formula is C16H19N5O4. The lowest BCUT2D eigenvalue weighted by atomic mass is 10.2. The lowest BCUT2D eigenvalue weighted by Gasteiger charge is -2.18. The van der Waals surface area contributed by atoms with Crippen LogP contribution in [-0.4, -0.2) is 32.3 Å². The minimum absolute atomic E-state index is 0.141. The van der Waals surface area contributed by atoms with Crippen LogP contribution < -0.4 is 16.2 Å². The number of carbonyl (C=O) groups is 1. The van der Waals surface area contributed by atoms with Crippen molar-refractivity contribution in [2.75, 3.05) is 5.32 Å². The van der Waals surface area contributed by atoms with Crippen LogP contribution in [0, 0.1) is 10.1 Å². The summed E-state index contributed by atoms with van der Waals surface area (Å²) in [4.78, 5) is 39.3. The van der Waals surface area contributed by atoms with Crippen LogP contribution in [-0.2, 0) is 4.79 Å². The maximum Gasteiger partial charge on any atom is 0.376 e. The molecule has 2 N–H and O–H groups in total. The van der Waals surface area contributed by atoms with Gasteiger partial charge in [0.25, 0.3) is 0 Å². The van der Waals surface area contributed by atoms with Gasteiger partial charge >= 0.3 is 11.2 Å².